The van der Waals surface area contributed by atoms with Crippen molar-refractivity contribution >= 4 is 17.5 Å². The standard InChI is InChI=1S/C13H14ClN3O2/c1-7-6-9(17-13(15)16-7)8-4-5-10(18-2)11(14)12(8)19-3/h4-6H,1-3H3,(H2,15,16,17). The van der Waals surface area contributed by atoms with Crippen LogP contribution in [0.25, 0.3) is 11.3 Å². The number of aromatic nitrogens is 2. The maximum absolute atomic E-state index is 6.22. The van der Waals surface area contributed by atoms with Crippen molar-refractivity contribution in [2.75, 3.05) is 20.0 Å². The highest BCUT2D eigenvalue weighted by Crippen LogP contribution is 2.41. The van der Waals surface area contributed by atoms with Crippen LogP contribution in [0.4, 0.5) is 5.95 Å². The molecule has 1 heterocycles. The normalized spacial score (nSPS) is 10.3. The van der Waals surface area contributed by atoms with E-state index in [9.17, 15) is 0 Å². The summed E-state index contributed by atoms with van der Waals surface area (Å²) in [6.07, 6.45) is 0. The third-order valence-electron chi connectivity index (χ3n) is 2.63. The molecule has 0 atom stereocenters. The highest BCUT2D eigenvalue weighted by atomic mass is 35.5. The Labute approximate surface area is 116 Å². The molecule has 0 aliphatic heterocycles. The summed E-state index contributed by atoms with van der Waals surface area (Å²) in [6, 6.07) is 5.40. The Kier molecular flexibility index (Phi) is 3.76. The number of halogens is 1. The van der Waals surface area contributed by atoms with Crippen molar-refractivity contribution in [3.8, 4) is 22.8 Å². The molecule has 2 N–H and O–H groups in total. The number of nitrogen functional groups attached to an aromatic ring is 1. The Morgan fingerprint density at radius 3 is 2.47 bits per heavy atom. The van der Waals surface area contributed by atoms with Crippen molar-refractivity contribution in [2.45, 2.75) is 6.92 Å². The first kappa shape index (κ1) is 13.4. The molecule has 0 spiro atoms. The maximum atomic E-state index is 6.22. The van der Waals surface area contributed by atoms with Gasteiger partial charge in [0.05, 0.1) is 19.9 Å². The van der Waals surface area contributed by atoms with Crippen molar-refractivity contribution < 1.29 is 9.47 Å². The molecule has 0 saturated carbocycles. The second kappa shape index (κ2) is 5.32. The van der Waals surface area contributed by atoms with E-state index in [4.69, 9.17) is 26.8 Å². The number of hydrogen-bond acceptors (Lipinski definition) is 5. The molecule has 5 nitrogen and oxygen atoms in total. The molecule has 0 aliphatic carbocycles. The summed E-state index contributed by atoms with van der Waals surface area (Å²) in [7, 11) is 3.09. The fraction of sp³-hybridized carbons (Fsp3) is 0.231. The number of nitrogens with two attached hydrogens (primary N) is 1. The van der Waals surface area contributed by atoms with E-state index in [0.29, 0.717) is 22.2 Å². The summed E-state index contributed by atoms with van der Waals surface area (Å²) in [6.45, 7) is 1.85. The first-order valence-electron chi connectivity index (χ1n) is 5.58. The molecule has 19 heavy (non-hydrogen) atoms. The molecule has 1 aromatic carbocycles. The van der Waals surface area contributed by atoms with E-state index < -0.39 is 0 Å². The molecule has 100 valence electrons. The molecule has 0 aliphatic rings. The van der Waals surface area contributed by atoms with Gasteiger partial charge in [0.2, 0.25) is 5.95 Å². The Bertz CT molecular complexity index is 597. The third kappa shape index (κ3) is 2.56. The zero-order chi connectivity index (χ0) is 14.0. The van der Waals surface area contributed by atoms with Crippen LogP contribution in [0.15, 0.2) is 18.2 Å². The Hall–Kier alpha value is -2.01. The van der Waals surface area contributed by atoms with Crippen LogP contribution < -0.4 is 15.2 Å². The Morgan fingerprint density at radius 1 is 1.16 bits per heavy atom. The van der Waals surface area contributed by atoms with Gasteiger partial charge in [-0.15, -0.1) is 0 Å². The van der Waals surface area contributed by atoms with Crippen LogP contribution in [0.5, 0.6) is 11.5 Å². The minimum atomic E-state index is 0.212. The summed E-state index contributed by atoms with van der Waals surface area (Å²) in [5.74, 6) is 1.25. The number of rotatable bonds is 3. The lowest BCUT2D eigenvalue weighted by molar-refractivity contribution is 0.396. The van der Waals surface area contributed by atoms with Gasteiger partial charge in [-0.1, -0.05) is 11.6 Å². The number of hydrogen-bond donors (Lipinski definition) is 1. The predicted octanol–water partition coefficient (Wildman–Crippen LogP) is 2.70. The van der Waals surface area contributed by atoms with Crippen LogP contribution in [0, 0.1) is 6.92 Å². The van der Waals surface area contributed by atoms with E-state index >= 15 is 0 Å². The largest absolute Gasteiger partial charge is 0.495 e. The van der Waals surface area contributed by atoms with Crippen LogP contribution in [-0.2, 0) is 0 Å². The number of aryl methyl sites for hydroxylation is 1. The highest BCUT2D eigenvalue weighted by Gasteiger charge is 2.16. The average molecular weight is 280 g/mol. The fourth-order valence-electron chi connectivity index (χ4n) is 1.83. The van der Waals surface area contributed by atoms with E-state index in [1.807, 2.05) is 19.1 Å². The van der Waals surface area contributed by atoms with Gasteiger partial charge < -0.3 is 15.2 Å². The van der Waals surface area contributed by atoms with Gasteiger partial charge in [-0.3, -0.25) is 0 Å². The summed E-state index contributed by atoms with van der Waals surface area (Å²) >= 11 is 6.22. The lowest BCUT2D eigenvalue weighted by atomic mass is 10.1. The molecular weight excluding hydrogens is 266 g/mol. The molecule has 0 unspecified atom stereocenters. The van der Waals surface area contributed by atoms with Gasteiger partial charge in [0, 0.05) is 11.3 Å². The lowest BCUT2D eigenvalue weighted by Crippen LogP contribution is -2.00. The molecule has 0 amide bonds. The summed E-state index contributed by atoms with van der Waals surface area (Å²) in [5.41, 5.74) is 7.84. The zero-order valence-corrected chi connectivity index (χ0v) is 11.7. The number of ether oxygens (including phenoxy) is 2. The Morgan fingerprint density at radius 2 is 1.89 bits per heavy atom. The zero-order valence-electron chi connectivity index (χ0n) is 10.9. The second-order valence-electron chi connectivity index (χ2n) is 3.92. The van der Waals surface area contributed by atoms with Crippen molar-refractivity contribution in [2.24, 2.45) is 0 Å². The van der Waals surface area contributed by atoms with Crippen molar-refractivity contribution in [1.29, 1.82) is 0 Å². The molecule has 0 saturated heterocycles. The molecule has 0 bridgehead atoms. The number of nitrogens with zero attached hydrogens (tertiary/aromatic N) is 2. The predicted molar refractivity (Wildman–Crippen MR) is 74.7 cm³/mol. The monoisotopic (exact) mass is 279 g/mol. The first-order valence-corrected chi connectivity index (χ1v) is 5.96. The summed E-state index contributed by atoms with van der Waals surface area (Å²) in [5, 5.41) is 0.400. The second-order valence-corrected chi connectivity index (χ2v) is 4.29. The lowest BCUT2D eigenvalue weighted by Gasteiger charge is -2.13. The van der Waals surface area contributed by atoms with Crippen LogP contribution in [0.3, 0.4) is 0 Å². The average Bonchev–Trinajstić information content (AvgIpc) is 2.37. The maximum Gasteiger partial charge on any atom is 0.220 e. The first-order chi connectivity index (χ1) is 9.06. The molecule has 0 radical (unpaired) electrons. The van der Waals surface area contributed by atoms with E-state index in [-0.39, 0.29) is 5.95 Å². The molecule has 2 rings (SSSR count). The van der Waals surface area contributed by atoms with Gasteiger partial charge in [0.15, 0.2) is 5.75 Å². The minimum absolute atomic E-state index is 0.212. The number of methoxy groups -OCH3 is 2. The van der Waals surface area contributed by atoms with Crippen molar-refractivity contribution in [1.82, 2.24) is 9.97 Å². The quantitative estimate of drug-likeness (QED) is 0.935. The molecule has 2 aromatic rings. The third-order valence-corrected chi connectivity index (χ3v) is 2.99. The molecule has 0 fully saturated rings. The topological polar surface area (TPSA) is 70.3 Å². The van der Waals surface area contributed by atoms with Gasteiger partial charge in [0.25, 0.3) is 0 Å². The fourth-order valence-corrected chi connectivity index (χ4v) is 2.15. The van der Waals surface area contributed by atoms with Gasteiger partial charge in [0.1, 0.15) is 10.8 Å². The van der Waals surface area contributed by atoms with Crippen LogP contribution in [0.1, 0.15) is 5.69 Å². The van der Waals surface area contributed by atoms with E-state index in [1.165, 1.54) is 0 Å². The van der Waals surface area contributed by atoms with Gasteiger partial charge in [-0.25, -0.2) is 9.97 Å². The van der Waals surface area contributed by atoms with Crippen LogP contribution in [-0.4, -0.2) is 24.2 Å². The van der Waals surface area contributed by atoms with Crippen LogP contribution in [0.2, 0.25) is 5.02 Å². The van der Waals surface area contributed by atoms with E-state index in [1.54, 1.807) is 20.3 Å². The van der Waals surface area contributed by atoms with Crippen molar-refractivity contribution in [3.05, 3.63) is 28.9 Å². The highest BCUT2D eigenvalue weighted by molar-refractivity contribution is 6.34. The molecule has 6 heteroatoms. The smallest absolute Gasteiger partial charge is 0.220 e. The SMILES string of the molecule is COc1ccc(-c2cc(C)nc(N)n2)c(OC)c1Cl. The molecular formula is C13H14ClN3O2. The summed E-state index contributed by atoms with van der Waals surface area (Å²) in [4.78, 5) is 8.24. The Balaban J connectivity index is 2.65. The van der Waals surface area contributed by atoms with E-state index in [2.05, 4.69) is 9.97 Å². The molecule has 1 aromatic heterocycles. The number of anilines is 1. The van der Waals surface area contributed by atoms with Gasteiger partial charge in [-0.2, -0.15) is 0 Å². The van der Waals surface area contributed by atoms with Gasteiger partial charge in [-0.05, 0) is 25.1 Å². The van der Waals surface area contributed by atoms with Crippen molar-refractivity contribution in [3.63, 3.8) is 0 Å². The van der Waals surface area contributed by atoms with Gasteiger partial charge >= 0.3 is 0 Å². The summed E-state index contributed by atoms with van der Waals surface area (Å²) < 4.78 is 10.5. The van der Waals surface area contributed by atoms with Crippen LogP contribution >= 0.6 is 11.6 Å². The van der Waals surface area contributed by atoms with E-state index in [0.717, 1.165) is 11.3 Å². The number of benzene rings is 1. The minimum Gasteiger partial charge on any atom is -0.495 e.